The van der Waals surface area contributed by atoms with E-state index in [2.05, 4.69) is 58.2 Å². The van der Waals surface area contributed by atoms with Crippen LogP contribution < -0.4 is 5.43 Å². The first-order chi connectivity index (χ1) is 13.5. The fourth-order valence-corrected chi connectivity index (χ4v) is 3.27. The number of benzene rings is 1. The Morgan fingerprint density at radius 2 is 1.96 bits per heavy atom. The third-order valence-electron chi connectivity index (χ3n) is 4.50. The average molecular weight is 373 g/mol. The van der Waals surface area contributed by atoms with Gasteiger partial charge < -0.3 is 9.30 Å². The first-order valence-electron chi connectivity index (χ1n) is 8.98. The van der Waals surface area contributed by atoms with Crippen molar-refractivity contribution in [3.05, 3.63) is 76.2 Å². The molecule has 2 heterocycles. The molecule has 0 unspecified atom stereocenters. The second-order valence-electron chi connectivity index (χ2n) is 6.56. The lowest BCUT2D eigenvalue weighted by atomic mass is 10.1. The zero-order chi connectivity index (χ0) is 20.1. The van der Waals surface area contributed by atoms with Crippen LogP contribution in [0.5, 0.6) is 0 Å². The number of anilines is 1. The molecule has 0 bridgehead atoms. The maximum Gasteiger partial charge on any atom is 0.164 e. The predicted octanol–water partition coefficient (Wildman–Crippen LogP) is 4.26. The second kappa shape index (κ2) is 8.51. The molecule has 0 saturated carbocycles. The van der Waals surface area contributed by atoms with E-state index in [1.165, 1.54) is 0 Å². The lowest BCUT2D eigenvalue weighted by Gasteiger charge is -2.09. The Morgan fingerprint density at radius 3 is 2.64 bits per heavy atom. The summed E-state index contributed by atoms with van der Waals surface area (Å²) in [5.41, 5.74) is 9.27. The highest BCUT2D eigenvalue weighted by atomic mass is 16.5. The van der Waals surface area contributed by atoms with Gasteiger partial charge in [0.25, 0.3) is 0 Å². The van der Waals surface area contributed by atoms with Crippen LogP contribution in [0.4, 0.5) is 5.82 Å². The van der Waals surface area contributed by atoms with Gasteiger partial charge in [-0.25, -0.2) is 4.98 Å². The number of nitriles is 1. The highest BCUT2D eigenvalue weighted by Crippen LogP contribution is 2.21. The molecule has 0 aliphatic carbocycles. The maximum atomic E-state index is 9.50. The molecule has 1 aromatic carbocycles. The van der Waals surface area contributed by atoms with Crippen LogP contribution in [0.15, 0.2) is 47.6 Å². The summed E-state index contributed by atoms with van der Waals surface area (Å²) < 4.78 is 7.36. The van der Waals surface area contributed by atoms with Gasteiger partial charge in [-0.3, -0.25) is 5.43 Å². The lowest BCUT2D eigenvalue weighted by molar-refractivity contribution is 0.184. The second-order valence-corrected chi connectivity index (χ2v) is 6.56. The molecule has 0 saturated heterocycles. The molecular weight excluding hydrogens is 350 g/mol. The van der Waals surface area contributed by atoms with Crippen molar-refractivity contribution in [1.82, 2.24) is 9.55 Å². The molecule has 0 aliphatic rings. The number of methoxy groups -OCH3 is 1. The van der Waals surface area contributed by atoms with Crippen LogP contribution in [0, 0.1) is 32.1 Å². The van der Waals surface area contributed by atoms with E-state index < -0.39 is 0 Å². The van der Waals surface area contributed by atoms with Gasteiger partial charge in [-0.1, -0.05) is 18.2 Å². The fraction of sp³-hybridized carbons (Fsp3) is 0.227. The third kappa shape index (κ3) is 3.95. The van der Waals surface area contributed by atoms with E-state index in [9.17, 15) is 5.26 Å². The molecule has 0 aliphatic heterocycles. The molecule has 3 aromatic rings. The summed E-state index contributed by atoms with van der Waals surface area (Å²) in [4.78, 5) is 4.40. The summed E-state index contributed by atoms with van der Waals surface area (Å²) >= 11 is 0. The van der Waals surface area contributed by atoms with Crippen LogP contribution in [0.25, 0.3) is 5.69 Å². The lowest BCUT2D eigenvalue weighted by Crippen LogP contribution is -2.04. The molecule has 28 heavy (non-hydrogen) atoms. The summed E-state index contributed by atoms with van der Waals surface area (Å²) in [6.45, 7) is 6.35. The van der Waals surface area contributed by atoms with Crippen molar-refractivity contribution in [2.75, 3.05) is 12.5 Å². The zero-order valence-corrected chi connectivity index (χ0v) is 16.5. The Labute approximate surface area is 165 Å². The van der Waals surface area contributed by atoms with Crippen LogP contribution in [0.2, 0.25) is 0 Å². The van der Waals surface area contributed by atoms with Gasteiger partial charge in [0.2, 0.25) is 0 Å². The first-order valence-corrected chi connectivity index (χ1v) is 8.98. The van der Waals surface area contributed by atoms with Crippen LogP contribution >= 0.6 is 0 Å². The number of aromatic nitrogens is 2. The Hall–Kier alpha value is -3.43. The summed E-state index contributed by atoms with van der Waals surface area (Å²) in [6, 6.07) is 16.3. The molecule has 1 N–H and O–H groups in total. The van der Waals surface area contributed by atoms with Gasteiger partial charge in [0.1, 0.15) is 11.6 Å². The Morgan fingerprint density at radius 1 is 1.21 bits per heavy atom. The number of pyridine rings is 1. The van der Waals surface area contributed by atoms with E-state index in [4.69, 9.17) is 4.74 Å². The number of ether oxygens (including phenoxy) is 1. The van der Waals surface area contributed by atoms with Gasteiger partial charge in [0.15, 0.2) is 5.82 Å². The van der Waals surface area contributed by atoms with E-state index in [0.717, 1.165) is 33.9 Å². The van der Waals surface area contributed by atoms with Crippen molar-refractivity contribution < 1.29 is 4.74 Å². The Bertz CT molecular complexity index is 1050. The zero-order valence-electron chi connectivity index (χ0n) is 16.5. The molecule has 2 aromatic heterocycles. The molecule has 6 heteroatoms. The smallest absolute Gasteiger partial charge is 0.164 e. The Kier molecular flexibility index (Phi) is 5.87. The molecule has 3 rings (SSSR count). The minimum atomic E-state index is 0.350. The van der Waals surface area contributed by atoms with E-state index in [-0.39, 0.29) is 0 Å². The topological polar surface area (TPSA) is 75.2 Å². The summed E-state index contributed by atoms with van der Waals surface area (Å²) in [5.74, 6) is 0.433. The van der Waals surface area contributed by atoms with Crippen LogP contribution in [-0.2, 0) is 11.3 Å². The first kappa shape index (κ1) is 19.3. The van der Waals surface area contributed by atoms with Gasteiger partial charge in [0, 0.05) is 41.0 Å². The normalized spacial score (nSPS) is 11.0. The van der Waals surface area contributed by atoms with E-state index >= 15 is 0 Å². The van der Waals surface area contributed by atoms with Crippen molar-refractivity contribution >= 4 is 12.0 Å². The van der Waals surface area contributed by atoms with E-state index in [1.54, 1.807) is 13.3 Å². The van der Waals surface area contributed by atoms with E-state index in [0.29, 0.717) is 18.0 Å². The largest absolute Gasteiger partial charge is 0.380 e. The molecule has 0 amide bonds. The van der Waals surface area contributed by atoms with Gasteiger partial charge in [-0.15, -0.1) is 0 Å². The van der Waals surface area contributed by atoms with Crippen LogP contribution in [-0.4, -0.2) is 22.9 Å². The number of hydrogen-bond donors (Lipinski definition) is 1. The average Bonchev–Trinajstić information content (AvgIpc) is 2.96. The van der Waals surface area contributed by atoms with Crippen molar-refractivity contribution in [2.45, 2.75) is 27.4 Å². The quantitative estimate of drug-likeness (QED) is 0.517. The SMILES string of the molecule is COCc1cc(C)nc(N/N=C\c2cc(C)n(-c3ccccc3)c2C)c1C#N. The molecule has 0 radical (unpaired) electrons. The molecule has 0 atom stereocenters. The fourth-order valence-electron chi connectivity index (χ4n) is 3.27. The highest BCUT2D eigenvalue weighted by Gasteiger charge is 2.12. The van der Waals surface area contributed by atoms with Crippen LogP contribution in [0.3, 0.4) is 0 Å². The van der Waals surface area contributed by atoms with Crippen LogP contribution in [0.1, 0.15) is 33.8 Å². The minimum absolute atomic E-state index is 0.350. The third-order valence-corrected chi connectivity index (χ3v) is 4.50. The molecule has 0 fully saturated rings. The highest BCUT2D eigenvalue weighted by molar-refractivity contribution is 5.82. The number of rotatable bonds is 6. The van der Waals surface area contributed by atoms with Crippen molar-refractivity contribution in [3.63, 3.8) is 0 Å². The number of hydrogen-bond acceptors (Lipinski definition) is 5. The molecule has 0 spiro atoms. The monoisotopic (exact) mass is 373 g/mol. The molecular formula is C22H23N5O. The number of hydrazone groups is 1. The molecule has 6 nitrogen and oxygen atoms in total. The van der Waals surface area contributed by atoms with Crippen molar-refractivity contribution in [2.24, 2.45) is 5.10 Å². The van der Waals surface area contributed by atoms with Gasteiger partial charge in [-0.05, 0) is 45.0 Å². The summed E-state index contributed by atoms with van der Waals surface area (Å²) in [7, 11) is 1.60. The summed E-state index contributed by atoms with van der Waals surface area (Å²) in [6.07, 6.45) is 1.75. The van der Waals surface area contributed by atoms with Gasteiger partial charge >= 0.3 is 0 Å². The summed E-state index contributed by atoms with van der Waals surface area (Å²) in [5, 5.41) is 13.8. The van der Waals surface area contributed by atoms with Gasteiger partial charge in [0.05, 0.1) is 12.8 Å². The Balaban J connectivity index is 1.88. The molecule has 142 valence electrons. The number of nitrogens with zero attached hydrogens (tertiary/aromatic N) is 4. The minimum Gasteiger partial charge on any atom is -0.380 e. The van der Waals surface area contributed by atoms with Crippen molar-refractivity contribution in [1.29, 1.82) is 5.26 Å². The van der Waals surface area contributed by atoms with Crippen molar-refractivity contribution in [3.8, 4) is 11.8 Å². The number of para-hydroxylation sites is 1. The number of nitrogens with one attached hydrogen (secondary N) is 1. The predicted molar refractivity (Wildman–Crippen MR) is 111 cm³/mol. The van der Waals surface area contributed by atoms with Gasteiger partial charge in [-0.2, -0.15) is 10.4 Å². The standard InChI is InChI=1S/C22H23N5O/c1-15-10-19(14-28-4)21(12-23)22(25-15)26-24-13-18-11-16(2)27(17(18)3)20-8-6-5-7-9-20/h5-11,13H,14H2,1-4H3,(H,25,26)/b24-13-. The maximum absolute atomic E-state index is 9.50. The van der Waals surface area contributed by atoms with E-state index in [1.807, 2.05) is 31.2 Å². The number of aryl methyl sites for hydroxylation is 2.